The van der Waals surface area contributed by atoms with Gasteiger partial charge < -0.3 is 10.2 Å². The van der Waals surface area contributed by atoms with E-state index in [-0.39, 0.29) is 6.03 Å². The molecule has 1 atom stereocenters. The molecule has 0 aliphatic carbocycles. The molecule has 0 radical (unpaired) electrons. The highest BCUT2D eigenvalue weighted by Gasteiger charge is 2.27. The van der Waals surface area contributed by atoms with E-state index in [4.69, 9.17) is 0 Å². The van der Waals surface area contributed by atoms with Crippen molar-refractivity contribution in [2.24, 2.45) is 5.92 Å². The van der Waals surface area contributed by atoms with Gasteiger partial charge in [-0.3, -0.25) is 4.90 Å². The molecule has 1 N–H and O–H groups in total. The second kappa shape index (κ2) is 5.83. The SMILES string of the molecule is CC1CCCN(C(=O)N2CCNCc3ccccc32)C1. The molecule has 0 spiro atoms. The molecule has 2 heterocycles. The molecule has 2 amide bonds. The Labute approximate surface area is 120 Å². The second-order valence-corrected chi connectivity index (χ2v) is 5.93. The first kappa shape index (κ1) is 13.4. The Hall–Kier alpha value is -1.55. The molecule has 108 valence electrons. The van der Waals surface area contributed by atoms with Gasteiger partial charge in [0, 0.05) is 38.4 Å². The molecule has 1 aromatic rings. The van der Waals surface area contributed by atoms with Crippen LogP contribution in [-0.2, 0) is 6.54 Å². The van der Waals surface area contributed by atoms with Crippen LogP contribution in [0.3, 0.4) is 0 Å². The number of fused-ring (bicyclic) bond motifs is 1. The first-order chi connectivity index (χ1) is 9.75. The highest BCUT2D eigenvalue weighted by atomic mass is 16.2. The quantitative estimate of drug-likeness (QED) is 0.788. The average Bonchev–Trinajstić information content (AvgIpc) is 2.69. The minimum absolute atomic E-state index is 0.174. The number of likely N-dealkylation sites (tertiary alicyclic amines) is 1. The van der Waals surface area contributed by atoms with Crippen molar-refractivity contribution in [2.45, 2.75) is 26.3 Å². The van der Waals surface area contributed by atoms with Gasteiger partial charge in [0.15, 0.2) is 0 Å². The number of carbonyl (C=O) groups excluding carboxylic acids is 1. The third-order valence-electron chi connectivity index (χ3n) is 4.27. The van der Waals surface area contributed by atoms with Gasteiger partial charge in [-0.25, -0.2) is 4.79 Å². The predicted octanol–water partition coefficient (Wildman–Crippen LogP) is 2.45. The normalized spacial score (nSPS) is 23.1. The number of nitrogens with zero attached hydrogens (tertiary/aromatic N) is 2. The number of carbonyl (C=O) groups is 1. The minimum atomic E-state index is 0.174. The molecule has 1 aromatic carbocycles. The van der Waals surface area contributed by atoms with Gasteiger partial charge in [-0.1, -0.05) is 25.1 Å². The van der Waals surface area contributed by atoms with Gasteiger partial charge in [0.05, 0.1) is 0 Å². The van der Waals surface area contributed by atoms with Crippen LogP contribution in [0.4, 0.5) is 10.5 Å². The lowest BCUT2D eigenvalue weighted by Crippen LogP contribution is -2.48. The van der Waals surface area contributed by atoms with Crippen LogP contribution in [0.1, 0.15) is 25.3 Å². The van der Waals surface area contributed by atoms with E-state index in [0.717, 1.165) is 44.8 Å². The summed E-state index contributed by atoms with van der Waals surface area (Å²) in [5.41, 5.74) is 2.28. The molecule has 1 fully saturated rings. The van der Waals surface area contributed by atoms with Gasteiger partial charge >= 0.3 is 6.03 Å². The number of hydrogen-bond donors (Lipinski definition) is 1. The second-order valence-electron chi connectivity index (χ2n) is 5.93. The number of benzene rings is 1. The van der Waals surface area contributed by atoms with Crippen molar-refractivity contribution in [3.05, 3.63) is 29.8 Å². The van der Waals surface area contributed by atoms with Crippen LogP contribution in [0.15, 0.2) is 24.3 Å². The topological polar surface area (TPSA) is 35.6 Å². The Balaban J connectivity index is 1.83. The third kappa shape index (κ3) is 2.66. The van der Waals surface area contributed by atoms with E-state index in [9.17, 15) is 4.79 Å². The average molecular weight is 273 g/mol. The van der Waals surface area contributed by atoms with Crippen molar-refractivity contribution < 1.29 is 4.79 Å². The smallest absolute Gasteiger partial charge is 0.324 e. The van der Waals surface area contributed by atoms with Gasteiger partial charge in [0.2, 0.25) is 0 Å². The highest BCUT2D eigenvalue weighted by Crippen LogP contribution is 2.25. The molecule has 4 heteroatoms. The maximum atomic E-state index is 12.8. The number of rotatable bonds is 0. The van der Waals surface area contributed by atoms with Crippen LogP contribution in [0, 0.1) is 5.92 Å². The maximum Gasteiger partial charge on any atom is 0.324 e. The lowest BCUT2D eigenvalue weighted by atomic mass is 10.0. The van der Waals surface area contributed by atoms with Crippen LogP contribution < -0.4 is 10.2 Å². The molecule has 2 aliphatic rings. The summed E-state index contributed by atoms with van der Waals surface area (Å²) < 4.78 is 0. The summed E-state index contributed by atoms with van der Waals surface area (Å²) in [7, 11) is 0. The monoisotopic (exact) mass is 273 g/mol. The van der Waals surface area contributed by atoms with Crippen molar-refractivity contribution >= 4 is 11.7 Å². The predicted molar refractivity (Wildman–Crippen MR) is 80.9 cm³/mol. The van der Waals surface area contributed by atoms with Gasteiger partial charge in [-0.05, 0) is 30.4 Å². The lowest BCUT2D eigenvalue weighted by Gasteiger charge is -2.35. The zero-order valence-electron chi connectivity index (χ0n) is 12.1. The summed E-state index contributed by atoms with van der Waals surface area (Å²) in [6.07, 6.45) is 2.36. The van der Waals surface area contributed by atoms with E-state index >= 15 is 0 Å². The van der Waals surface area contributed by atoms with Crippen molar-refractivity contribution in [3.8, 4) is 0 Å². The summed E-state index contributed by atoms with van der Waals surface area (Å²) in [4.78, 5) is 16.8. The Morgan fingerprint density at radius 3 is 3.00 bits per heavy atom. The van der Waals surface area contributed by atoms with Crippen molar-refractivity contribution in [3.63, 3.8) is 0 Å². The summed E-state index contributed by atoms with van der Waals surface area (Å²) in [5.74, 6) is 0.619. The van der Waals surface area contributed by atoms with E-state index < -0.39 is 0 Å². The van der Waals surface area contributed by atoms with E-state index in [0.29, 0.717) is 5.92 Å². The van der Waals surface area contributed by atoms with Crippen molar-refractivity contribution in [2.75, 3.05) is 31.1 Å². The maximum absolute atomic E-state index is 12.8. The molecule has 0 saturated carbocycles. The van der Waals surface area contributed by atoms with E-state index in [1.807, 2.05) is 21.9 Å². The first-order valence-electron chi connectivity index (χ1n) is 7.61. The fourth-order valence-electron chi connectivity index (χ4n) is 3.19. The molecule has 4 nitrogen and oxygen atoms in total. The molecular weight excluding hydrogens is 250 g/mol. The molecule has 1 saturated heterocycles. The molecular formula is C16H23N3O. The van der Waals surface area contributed by atoms with Gasteiger partial charge in [0.1, 0.15) is 0 Å². The molecule has 2 aliphatic heterocycles. The fraction of sp³-hybridized carbons (Fsp3) is 0.562. The molecule has 20 heavy (non-hydrogen) atoms. The zero-order valence-corrected chi connectivity index (χ0v) is 12.1. The first-order valence-corrected chi connectivity index (χ1v) is 7.61. The summed E-state index contributed by atoms with van der Waals surface area (Å²) in [6.45, 7) is 6.47. The van der Waals surface area contributed by atoms with Crippen LogP contribution >= 0.6 is 0 Å². The Morgan fingerprint density at radius 1 is 1.30 bits per heavy atom. The Morgan fingerprint density at radius 2 is 2.15 bits per heavy atom. The van der Waals surface area contributed by atoms with Crippen molar-refractivity contribution in [1.82, 2.24) is 10.2 Å². The highest BCUT2D eigenvalue weighted by molar-refractivity contribution is 5.93. The molecule has 0 bridgehead atoms. The van der Waals surface area contributed by atoms with Crippen molar-refractivity contribution in [1.29, 1.82) is 0 Å². The van der Waals surface area contributed by atoms with Crippen LogP contribution in [0.25, 0.3) is 0 Å². The number of piperidine rings is 1. The standard InChI is InChI=1S/C16H23N3O/c1-13-5-4-9-18(12-13)16(20)19-10-8-17-11-14-6-2-3-7-15(14)19/h2-3,6-7,13,17H,4-5,8-12H2,1H3. The molecule has 3 rings (SSSR count). The number of hydrogen-bond acceptors (Lipinski definition) is 2. The molecule has 0 aromatic heterocycles. The number of anilines is 1. The fourth-order valence-corrected chi connectivity index (χ4v) is 3.19. The summed E-state index contributed by atoms with van der Waals surface area (Å²) in [5, 5.41) is 3.39. The number of urea groups is 1. The Bertz CT molecular complexity index is 488. The minimum Gasteiger partial charge on any atom is -0.324 e. The van der Waals surface area contributed by atoms with Gasteiger partial charge in [-0.15, -0.1) is 0 Å². The summed E-state index contributed by atoms with van der Waals surface area (Å²) in [6, 6.07) is 8.40. The van der Waals surface area contributed by atoms with Gasteiger partial charge in [-0.2, -0.15) is 0 Å². The van der Waals surface area contributed by atoms with E-state index in [1.54, 1.807) is 0 Å². The van der Waals surface area contributed by atoms with E-state index in [1.165, 1.54) is 12.0 Å². The van der Waals surface area contributed by atoms with Crippen LogP contribution in [0.5, 0.6) is 0 Å². The zero-order chi connectivity index (χ0) is 13.9. The number of para-hydroxylation sites is 1. The van der Waals surface area contributed by atoms with E-state index in [2.05, 4.69) is 24.4 Å². The Kier molecular flexibility index (Phi) is 3.92. The van der Waals surface area contributed by atoms with Crippen LogP contribution in [0.2, 0.25) is 0 Å². The largest absolute Gasteiger partial charge is 0.324 e. The number of nitrogens with one attached hydrogen (secondary N) is 1. The number of amides is 2. The van der Waals surface area contributed by atoms with Gasteiger partial charge in [0.25, 0.3) is 0 Å². The van der Waals surface area contributed by atoms with Crippen LogP contribution in [-0.4, -0.2) is 37.1 Å². The molecule has 1 unspecified atom stereocenters. The lowest BCUT2D eigenvalue weighted by molar-refractivity contribution is 0.176. The third-order valence-corrected chi connectivity index (χ3v) is 4.27. The summed E-state index contributed by atoms with van der Waals surface area (Å²) >= 11 is 0.